The second kappa shape index (κ2) is 8.69. The van der Waals surface area contributed by atoms with E-state index < -0.39 is 11.8 Å². The van der Waals surface area contributed by atoms with Crippen molar-refractivity contribution < 1.29 is 14.4 Å². The summed E-state index contributed by atoms with van der Waals surface area (Å²) in [6.45, 7) is 6.36. The molecule has 0 aromatic heterocycles. The Hall–Kier alpha value is -3.15. The Bertz CT molecular complexity index is 860. The van der Waals surface area contributed by atoms with E-state index in [1.807, 2.05) is 50.2 Å². The average Bonchev–Trinajstić information content (AvgIpc) is 2.71. The lowest BCUT2D eigenvalue weighted by molar-refractivity contribution is -0.156. The molecule has 1 aliphatic rings. The minimum absolute atomic E-state index is 0.144. The predicted molar refractivity (Wildman–Crippen MR) is 106 cm³/mol. The molecule has 1 heterocycles. The van der Waals surface area contributed by atoms with Gasteiger partial charge < -0.3 is 15.1 Å². The van der Waals surface area contributed by atoms with Gasteiger partial charge in [-0.3, -0.25) is 14.4 Å². The summed E-state index contributed by atoms with van der Waals surface area (Å²) < 4.78 is 0. The number of hydrogen-bond donors (Lipinski definition) is 1. The minimum atomic E-state index is -0.465. The van der Waals surface area contributed by atoms with Crippen LogP contribution in [0.2, 0.25) is 0 Å². The van der Waals surface area contributed by atoms with Crippen molar-refractivity contribution in [2.24, 2.45) is 0 Å². The summed E-state index contributed by atoms with van der Waals surface area (Å²) in [6.07, 6.45) is 0. The third-order valence-electron chi connectivity index (χ3n) is 4.94. The fourth-order valence-corrected chi connectivity index (χ4v) is 3.14. The van der Waals surface area contributed by atoms with Crippen LogP contribution >= 0.6 is 0 Å². The van der Waals surface area contributed by atoms with E-state index in [1.54, 1.807) is 21.9 Å². The van der Waals surface area contributed by atoms with Crippen LogP contribution in [0, 0.1) is 6.92 Å². The summed E-state index contributed by atoms with van der Waals surface area (Å²) in [7, 11) is 0. The molecule has 146 valence electrons. The highest BCUT2D eigenvalue weighted by atomic mass is 16.2. The van der Waals surface area contributed by atoms with Crippen molar-refractivity contribution in [3.05, 3.63) is 70.8 Å². The molecule has 3 rings (SSSR count). The topological polar surface area (TPSA) is 69.7 Å². The first-order valence-electron chi connectivity index (χ1n) is 9.48. The molecule has 0 unspecified atom stereocenters. The molecule has 6 nitrogen and oxygen atoms in total. The number of benzene rings is 2. The van der Waals surface area contributed by atoms with Crippen LogP contribution in [0.3, 0.4) is 0 Å². The molecule has 1 fully saturated rings. The molecule has 2 aromatic rings. The number of aryl methyl sites for hydroxylation is 1. The molecule has 0 radical (unpaired) electrons. The summed E-state index contributed by atoms with van der Waals surface area (Å²) in [5.41, 5.74) is 3.68. The van der Waals surface area contributed by atoms with Crippen LogP contribution in [0.5, 0.6) is 0 Å². The van der Waals surface area contributed by atoms with Crippen LogP contribution < -0.4 is 5.32 Å². The summed E-state index contributed by atoms with van der Waals surface area (Å²) in [6, 6.07) is 15.2. The molecule has 0 saturated carbocycles. The van der Waals surface area contributed by atoms with Crippen molar-refractivity contribution >= 4 is 17.7 Å². The van der Waals surface area contributed by atoms with Crippen molar-refractivity contribution in [2.75, 3.05) is 19.6 Å². The summed E-state index contributed by atoms with van der Waals surface area (Å²) >= 11 is 0. The van der Waals surface area contributed by atoms with Gasteiger partial charge in [-0.2, -0.15) is 0 Å². The minimum Gasteiger partial charge on any atom is -0.348 e. The molecular weight excluding hydrogens is 354 g/mol. The Balaban J connectivity index is 1.55. The highest BCUT2D eigenvalue weighted by molar-refractivity contribution is 6.35. The summed E-state index contributed by atoms with van der Waals surface area (Å²) in [5.74, 6) is -1.05. The van der Waals surface area contributed by atoms with Gasteiger partial charge in [0.2, 0.25) is 0 Å². The van der Waals surface area contributed by atoms with Crippen LogP contribution in [0.15, 0.2) is 48.5 Å². The molecule has 0 bridgehead atoms. The standard InChI is InChI=1S/C22H25N3O3/c1-3-24-12-13-25(22(28)21(24)27)15-18-8-10-19(11-9-18)20(26)23-14-17-6-4-16(2)5-7-17/h4-11H,3,12-15H2,1-2H3,(H,23,26). The van der Waals surface area contributed by atoms with E-state index in [0.29, 0.717) is 38.3 Å². The molecule has 0 aliphatic carbocycles. The Morgan fingerprint density at radius 2 is 1.46 bits per heavy atom. The van der Waals surface area contributed by atoms with E-state index in [0.717, 1.165) is 11.1 Å². The van der Waals surface area contributed by atoms with Gasteiger partial charge in [0.15, 0.2) is 0 Å². The number of nitrogens with zero attached hydrogens (tertiary/aromatic N) is 2. The first-order chi connectivity index (χ1) is 13.5. The number of piperazine rings is 1. The maximum Gasteiger partial charge on any atom is 0.312 e. The molecule has 6 heteroatoms. The van der Waals surface area contributed by atoms with Crippen LogP contribution in [0.1, 0.15) is 34.0 Å². The van der Waals surface area contributed by atoms with Crippen molar-refractivity contribution in [2.45, 2.75) is 26.9 Å². The number of carbonyl (C=O) groups excluding carboxylic acids is 3. The van der Waals surface area contributed by atoms with Crippen molar-refractivity contribution in [3.8, 4) is 0 Å². The van der Waals surface area contributed by atoms with E-state index in [1.165, 1.54) is 5.56 Å². The van der Waals surface area contributed by atoms with Gasteiger partial charge in [0.05, 0.1) is 0 Å². The van der Waals surface area contributed by atoms with Gasteiger partial charge in [0.1, 0.15) is 0 Å². The largest absolute Gasteiger partial charge is 0.348 e. The molecule has 0 spiro atoms. The van der Waals surface area contributed by atoms with E-state index in [9.17, 15) is 14.4 Å². The average molecular weight is 379 g/mol. The van der Waals surface area contributed by atoms with Crippen LogP contribution in [0.25, 0.3) is 0 Å². The zero-order chi connectivity index (χ0) is 20.1. The Morgan fingerprint density at radius 3 is 2.11 bits per heavy atom. The number of likely N-dealkylation sites (N-methyl/N-ethyl adjacent to an activating group) is 1. The van der Waals surface area contributed by atoms with Crippen LogP contribution in [0.4, 0.5) is 0 Å². The molecule has 1 saturated heterocycles. The molecule has 1 N–H and O–H groups in total. The third kappa shape index (κ3) is 4.57. The zero-order valence-electron chi connectivity index (χ0n) is 16.3. The third-order valence-corrected chi connectivity index (χ3v) is 4.94. The maximum absolute atomic E-state index is 12.3. The van der Waals surface area contributed by atoms with Crippen LogP contribution in [-0.4, -0.2) is 47.2 Å². The highest BCUT2D eigenvalue weighted by Crippen LogP contribution is 2.12. The molecule has 28 heavy (non-hydrogen) atoms. The Morgan fingerprint density at radius 1 is 0.893 bits per heavy atom. The maximum atomic E-state index is 12.3. The predicted octanol–water partition coefficient (Wildman–Crippen LogP) is 2.12. The monoisotopic (exact) mass is 379 g/mol. The van der Waals surface area contributed by atoms with Gasteiger partial charge >= 0.3 is 11.8 Å². The smallest absolute Gasteiger partial charge is 0.312 e. The van der Waals surface area contributed by atoms with Gasteiger partial charge in [-0.25, -0.2) is 0 Å². The Labute approximate surface area is 165 Å². The van der Waals surface area contributed by atoms with E-state index in [-0.39, 0.29) is 5.91 Å². The number of nitrogens with one attached hydrogen (secondary N) is 1. The second-order valence-corrected chi connectivity index (χ2v) is 6.98. The number of hydrogen-bond acceptors (Lipinski definition) is 3. The first kappa shape index (κ1) is 19.6. The number of rotatable bonds is 6. The molecular formula is C22H25N3O3. The van der Waals surface area contributed by atoms with Crippen LogP contribution in [-0.2, 0) is 22.7 Å². The second-order valence-electron chi connectivity index (χ2n) is 6.98. The lowest BCUT2D eigenvalue weighted by atomic mass is 10.1. The van der Waals surface area contributed by atoms with Gasteiger partial charge in [-0.05, 0) is 37.1 Å². The van der Waals surface area contributed by atoms with E-state index >= 15 is 0 Å². The molecule has 0 atom stereocenters. The summed E-state index contributed by atoms with van der Waals surface area (Å²) in [4.78, 5) is 39.6. The van der Waals surface area contributed by atoms with E-state index in [2.05, 4.69) is 5.32 Å². The number of amides is 3. The SMILES string of the molecule is CCN1CCN(Cc2ccc(C(=O)NCc3ccc(C)cc3)cc2)C(=O)C1=O. The van der Waals surface area contributed by atoms with Crippen molar-refractivity contribution in [1.82, 2.24) is 15.1 Å². The zero-order valence-corrected chi connectivity index (χ0v) is 16.3. The first-order valence-corrected chi connectivity index (χ1v) is 9.48. The summed E-state index contributed by atoms with van der Waals surface area (Å²) in [5, 5.41) is 2.91. The van der Waals surface area contributed by atoms with Crippen molar-refractivity contribution in [3.63, 3.8) is 0 Å². The van der Waals surface area contributed by atoms with Gasteiger partial charge in [-0.1, -0.05) is 42.0 Å². The lowest BCUT2D eigenvalue weighted by Crippen LogP contribution is -2.53. The molecule has 2 aromatic carbocycles. The lowest BCUT2D eigenvalue weighted by Gasteiger charge is -2.33. The van der Waals surface area contributed by atoms with E-state index in [4.69, 9.17) is 0 Å². The fraction of sp³-hybridized carbons (Fsp3) is 0.318. The van der Waals surface area contributed by atoms with Gasteiger partial charge in [-0.15, -0.1) is 0 Å². The van der Waals surface area contributed by atoms with Crippen molar-refractivity contribution in [1.29, 1.82) is 0 Å². The quantitative estimate of drug-likeness (QED) is 0.782. The van der Waals surface area contributed by atoms with Gasteiger partial charge in [0.25, 0.3) is 5.91 Å². The Kier molecular flexibility index (Phi) is 6.09. The highest BCUT2D eigenvalue weighted by Gasteiger charge is 2.31. The number of carbonyl (C=O) groups is 3. The molecule has 1 aliphatic heterocycles. The fourth-order valence-electron chi connectivity index (χ4n) is 3.14. The molecule has 3 amide bonds. The van der Waals surface area contributed by atoms with Gasteiger partial charge in [0, 0.05) is 38.3 Å². The normalized spacial score (nSPS) is 14.4.